The molecule has 0 unspecified atom stereocenters. The number of nitrogens with one attached hydrogen (secondary N) is 1. The minimum Gasteiger partial charge on any atom is -0.496 e. The van der Waals surface area contributed by atoms with Crippen LogP contribution in [0.4, 0.5) is 0 Å². The molecule has 1 amide bonds. The summed E-state index contributed by atoms with van der Waals surface area (Å²) in [6.45, 7) is 8.15. The van der Waals surface area contributed by atoms with Crippen LogP contribution in [-0.2, 0) is 4.79 Å². The number of piperazine rings is 1. The van der Waals surface area contributed by atoms with E-state index in [1.165, 1.54) is 0 Å². The van der Waals surface area contributed by atoms with Crippen molar-refractivity contribution in [1.29, 1.82) is 0 Å². The van der Waals surface area contributed by atoms with E-state index < -0.39 is 0 Å². The number of hydrogen-bond donors (Lipinski definition) is 1. The van der Waals surface area contributed by atoms with Crippen LogP contribution in [0.5, 0.6) is 5.75 Å². The van der Waals surface area contributed by atoms with Crippen molar-refractivity contribution in [1.82, 2.24) is 15.1 Å². The zero-order valence-corrected chi connectivity index (χ0v) is 14.1. The van der Waals surface area contributed by atoms with Crippen LogP contribution in [0.15, 0.2) is 30.3 Å². The molecule has 2 rings (SSSR count). The molecule has 0 saturated carbocycles. The molecule has 5 nitrogen and oxygen atoms in total. The summed E-state index contributed by atoms with van der Waals surface area (Å²) >= 11 is 0. The maximum absolute atomic E-state index is 11.8. The first-order valence-electron chi connectivity index (χ1n) is 8.19. The topological polar surface area (TPSA) is 44.8 Å². The Hall–Kier alpha value is -1.85. The summed E-state index contributed by atoms with van der Waals surface area (Å²) in [6.07, 6.45) is 4.04. The summed E-state index contributed by atoms with van der Waals surface area (Å²) in [6, 6.07) is 7.88. The molecule has 0 spiro atoms. The number of para-hydroxylation sites is 1. The summed E-state index contributed by atoms with van der Waals surface area (Å²) in [7, 11) is 1.67. The first kappa shape index (κ1) is 17.5. The van der Waals surface area contributed by atoms with E-state index in [0.29, 0.717) is 6.54 Å². The lowest BCUT2D eigenvalue weighted by atomic mass is 10.2. The summed E-state index contributed by atoms with van der Waals surface area (Å²) < 4.78 is 5.33. The van der Waals surface area contributed by atoms with Crippen LogP contribution in [0.3, 0.4) is 0 Å². The molecule has 1 aliphatic heterocycles. The Labute approximate surface area is 138 Å². The number of rotatable bonds is 7. The van der Waals surface area contributed by atoms with E-state index in [0.717, 1.165) is 50.6 Å². The molecule has 1 aliphatic rings. The van der Waals surface area contributed by atoms with Gasteiger partial charge in [0.2, 0.25) is 5.91 Å². The molecule has 1 saturated heterocycles. The quantitative estimate of drug-likeness (QED) is 0.827. The minimum absolute atomic E-state index is 0.116. The van der Waals surface area contributed by atoms with Crippen LogP contribution < -0.4 is 10.1 Å². The Morgan fingerprint density at radius 2 is 2.09 bits per heavy atom. The number of nitrogens with zero attached hydrogens (tertiary/aromatic N) is 2. The molecule has 1 fully saturated rings. The third-order valence-corrected chi connectivity index (χ3v) is 4.10. The Balaban J connectivity index is 1.86. The van der Waals surface area contributed by atoms with Crippen molar-refractivity contribution < 1.29 is 9.53 Å². The van der Waals surface area contributed by atoms with Gasteiger partial charge in [-0.25, -0.2) is 0 Å². The average molecular weight is 317 g/mol. The van der Waals surface area contributed by atoms with Gasteiger partial charge in [-0.1, -0.05) is 30.4 Å². The normalized spacial score (nSPS) is 15.7. The van der Waals surface area contributed by atoms with Crippen LogP contribution in [0.2, 0.25) is 0 Å². The fourth-order valence-electron chi connectivity index (χ4n) is 2.69. The first-order valence-corrected chi connectivity index (χ1v) is 8.19. The van der Waals surface area contributed by atoms with Gasteiger partial charge >= 0.3 is 0 Å². The second-order valence-electron chi connectivity index (χ2n) is 5.70. The van der Waals surface area contributed by atoms with Gasteiger partial charge in [-0.2, -0.15) is 0 Å². The van der Waals surface area contributed by atoms with E-state index in [2.05, 4.69) is 10.2 Å². The zero-order valence-electron chi connectivity index (χ0n) is 14.1. The van der Waals surface area contributed by atoms with Crippen molar-refractivity contribution in [3.05, 3.63) is 35.9 Å². The monoisotopic (exact) mass is 317 g/mol. The predicted molar refractivity (Wildman–Crippen MR) is 93.6 cm³/mol. The van der Waals surface area contributed by atoms with E-state index in [1.807, 2.05) is 41.3 Å². The van der Waals surface area contributed by atoms with Gasteiger partial charge in [-0.3, -0.25) is 9.69 Å². The van der Waals surface area contributed by atoms with Crippen LogP contribution in [0.1, 0.15) is 12.5 Å². The number of benzene rings is 1. The highest BCUT2D eigenvalue weighted by Crippen LogP contribution is 2.18. The van der Waals surface area contributed by atoms with Crippen molar-refractivity contribution in [3.8, 4) is 5.75 Å². The van der Waals surface area contributed by atoms with E-state index in [-0.39, 0.29) is 5.91 Å². The number of carbonyl (C=O) groups excluding carboxylic acids is 1. The highest BCUT2D eigenvalue weighted by Gasteiger charge is 2.12. The summed E-state index contributed by atoms with van der Waals surface area (Å²) in [5.41, 5.74) is 1.03. The van der Waals surface area contributed by atoms with E-state index in [1.54, 1.807) is 14.0 Å². The number of methoxy groups -OCH3 is 1. The van der Waals surface area contributed by atoms with Crippen LogP contribution >= 0.6 is 0 Å². The Morgan fingerprint density at radius 1 is 1.35 bits per heavy atom. The SMILES string of the molecule is COc1ccccc1/C=C/CN(CCN1CCNCC1)C(C)=O. The number of ether oxygens (including phenoxy) is 1. The van der Waals surface area contributed by atoms with Crippen molar-refractivity contribution in [2.24, 2.45) is 0 Å². The van der Waals surface area contributed by atoms with Gasteiger partial charge < -0.3 is 15.0 Å². The fourth-order valence-corrected chi connectivity index (χ4v) is 2.69. The van der Waals surface area contributed by atoms with Crippen LogP contribution in [0.25, 0.3) is 6.08 Å². The average Bonchev–Trinajstić information content (AvgIpc) is 2.58. The standard InChI is InChI=1S/C18H27N3O2/c1-16(22)21(15-14-20-12-9-19-10-13-20)11-5-7-17-6-3-4-8-18(17)23-2/h3-8,19H,9-15H2,1-2H3/b7-5+. The van der Waals surface area contributed by atoms with E-state index in [4.69, 9.17) is 4.74 Å². The van der Waals surface area contributed by atoms with Crippen molar-refractivity contribution in [2.75, 3.05) is 52.9 Å². The summed E-state index contributed by atoms with van der Waals surface area (Å²) in [4.78, 5) is 16.1. The fraction of sp³-hybridized carbons (Fsp3) is 0.500. The lowest BCUT2D eigenvalue weighted by molar-refractivity contribution is -0.128. The molecule has 1 aromatic rings. The maximum Gasteiger partial charge on any atom is 0.219 e. The molecule has 0 atom stereocenters. The molecular weight excluding hydrogens is 290 g/mol. The second kappa shape index (κ2) is 9.33. The van der Waals surface area contributed by atoms with E-state index >= 15 is 0 Å². The third-order valence-electron chi connectivity index (χ3n) is 4.10. The van der Waals surface area contributed by atoms with Crippen molar-refractivity contribution >= 4 is 12.0 Å². The number of hydrogen-bond acceptors (Lipinski definition) is 4. The number of amides is 1. The Kier molecular flexibility index (Phi) is 7.10. The van der Waals surface area contributed by atoms with Crippen LogP contribution in [-0.4, -0.2) is 68.6 Å². The van der Waals surface area contributed by atoms with Crippen molar-refractivity contribution in [2.45, 2.75) is 6.92 Å². The Bertz CT molecular complexity index is 525. The molecule has 0 aliphatic carbocycles. The van der Waals surface area contributed by atoms with Gasteiger partial charge in [0.25, 0.3) is 0 Å². The third kappa shape index (κ3) is 5.69. The van der Waals surface area contributed by atoms with Gasteiger partial charge in [-0.15, -0.1) is 0 Å². The van der Waals surface area contributed by atoms with Gasteiger partial charge in [0.1, 0.15) is 5.75 Å². The highest BCUT2D eigenvalue weighted by atomic mass is 16.5. The second-order valence-corrected chi connectivity index (χ2v) is 5.70. The predicted octanol–water partition coefficient (Wildman–Crippen LogP) is 1.46. The molecule has 0 radical (unpaired) electrons. The van der Waals surface area contributed by atoms with Gasteiger partial charge in [0, 0.05) is 58.3 Å². The minimum atomic E-state index is 0.116. The lowest BCUT2D eigenvalue weighted by Gasteiger charge is -2.29. The van der Waals surface area contributed by atoms with Crippen LogP contribution in [0, 0.1) is 0 Å². The van der Waals surface area contributed by atoms with Gasteiger partial charge in [0.15, 0.2) is 0 Å². The van der Waals surface area contributed by atoms with Gasteiger partial charge in [-0.05, 0) is 6.07 Å². The Morgan fingerprint density at radius 3 is 2.78 bits per heavy atom. The molecule has 1 aromatic carbocycles. The largest absolute Gasteiger partial charge is 0.496 e. The molecule has 1 N–H and O–H groups in total. The molecule has 0 bridgehead atoms. The highest BCUT2D eigenvalue weighted by molar-refractivity contribution is 5.73. The van der Waals surface area contributed by atoms with E-state index in [9.17, 15) is 4.79 Å². The van der Waals surface area contributed by atoms with Crippen molar-refractivity contribution in [3.63, 3.8) is 0 Å². The van der Waals surface area contributed by atoms with Gasteiger partial charge in [0.05, 0.1) is 7.11 Å². The molecule has 0 aromatic heterocycles. The molecule has 5 heteroatoms. The first-order chi connectivity index (χ1) is 11.2. The molecular formula is C18H27N3O2. The smallest absolute Gasteiger partial charge is 0.219 e. The molecule has 126 valence electrons. The molecule has 23 heavy (non-hydrogen) atoms. The zero-order chi connectivity index (χ0) is 16.5. The summed E-state index contributed by atoms with van der Waals surface area (Å²) in [5.74, 6) is 0.962. The lowest BCUT2D eigenvalue weighted by Crippen LogP contribution is -2.46. The molecule has 1 heterocycles. The summed E-state index contributed by atoms with van der Waals surface area (Å²) in [5, 5.41) is 3.34. The number of carbonyl (C=O) groups is 1. The maximum atomic E-state index is 11.8.